The molecule has 31 heavy (non-hydrogen) atoms. The van der Waals surface area contributed by atoms with Crippen LogP contribution in [0, 0.1) is 5.92 Å². The number of amides is 1. The molecule has 9 nitrogen and oxygen atoms in total. The van der Waals surface area contributed by atoms with Gasteiger partial charge in [0.25, 0.3) is 5.95 Å². The molecule has 0 saturated carbocycles. The largest absolute Gasteiger partial charge is 0.444 e. The Labute approximate surface area is 184 Å². The van der Waals surface area contributed by atoms with Crippen molar-refractivity contribution in [3.8, 4) is 0 Å². The Kier molecular flexibility index (Phi) is 7.35. The van der Waals surface area contributed by atoms with E-state index in [1.807, 2.05) is 26.8 Å². The van der Waals surface area contributed by atoms with E-state index in [0.29, 0.717) is 24.7 Å². The summed E-state index contributed by atoms with van der Waals surface area (Å²) in [5.74, 6) is 1.65. The second-order valence-electron chi connectivity index (χ2n) is 9.19. The molecule has 0 aliphatic carbocycles. The maximum absolute atomic E-state index is 12.2. The standard InChI is InChI=1S/C22H35N7O2/c1-22(2,3)31-21(30)29-13-8-16(9-14-29)17(23)15-18(24)26-20-25-10-7-19(27-20)28-11-5-4-6-12-28/h7,10,15-16H,4-6,8-9,11-14,23H2,1-3H3,(H2,24,25,26,27)/b17-15-. The van der Waals surface area contributed by atoms with Crippen LogP contribution in [0.25, 0.3) is 0 Å². The zero-order chi connectivity index (χ0) is 22.4. The summed E-state index contributed by atoms with van der Waals surface area (Å²) < 4.78 is 5.44. The van der Waals surface area contributed by atoms with Crippen LogP contribution in [0.1, 0.15) is 52.9 Å². The summed E-state index contributed by atoms with van der Waals surface area (Å²) in [6, 6.07) is 1.91. The monoisotopic (exact) mass is 429 g/mol. The number of hydrogen-bond acceptors (Lipinski definition) is 7. The minimum atomic E-state index is -0.495. The summed E-state index contributed by atoms with van der Waals surface area (Å²) in [5.41, 5.74) is 12.6. The van der Waals surface area contributed by atoms with Gasteiger partial charge in [-0.25, -0.2) is 9.78 Å². The van der Waals surface area contributed by atoms with Crippen molar-refractivity contribution in [3.63, 3.8) is 0 Å². The number of hydrogen-bond donors (Lipinski definition) is 2. The number of carbonyl (C=O) groups excluding carboxylic acids is 1. The number of anilines is 1. The first-order valence-electron chi connectivity index (χ1n) is 11.1. The van der Waals surface area contributed by atoms with E-state index >= 15 is 0 Å². The van der Waals surface area contributed by atoms with E-state index in [2.05, 4.69) is 19.9 Å². The van der Waals surface area contributed by atoms with E-state index in [-0.39, 0.29) is 17.8 Å². The molecule has 1 aromatic rings. The molecule has 170 valence electrons. The molecule has 2 aliphatic heterocycles. The fourth-order valence-corrected chi connectivity index (χ4v) is 3.85. The normalized spacial score (nSPS) is 19.5. The number of ether oxygens (including phenoxy) is 1. The molecule has 0 aromatic carbocycles. The highest BCUT2D eigenvalue weighted by molar-refractivity contribution is 5.93. The van der Waals surface area contributed by atoms with Gasteiger partial charge in [0.05, 0.1) is 0 Å². The Bertz CT molecular complexity index is 817. The average Bonchev–Trinajstić information content (AvgIpc) is 2.73. The van der Waals surface area contributed by atoms with Crippen molar-refractivity contribution < 1.29 is 9.53 Å². The van der Waals surface area contributed by atoms with Crippen LogP contribution in [0.5, 0.6) is 0 Å². The molecular formula is C22H35N7O2. The summed E-state index contributed by atoms with van der Waals surface area (Å²) in [4.78, 5) is 29.3. The minimum absolute atomic E-state index is 0.146. The molecule has 2 aliphatic rings. The Balaban J connectivity index is 1.58. The lowest BCUT2D eigenvalue weighted by Gasteiger charge is -2.33. The number of likely N-dealkylation sites (tertiary alicyclic amines) is 1. The Morgan fingerprint density at radius 2 is 1.84 bits per heavy atom. The molecule has 0 radical (unpaired) electrons. The number of nitrogens with two attached hydrogens (primary N) is 2. The molecule has 0 unspecified atom stereocenters. The first-order chi connectivity index (χ1) is 14.7. The number of piperidine rings is 2. The number of rotatable bonds is 4. The second kappa shape index (κ2) is 9.98. The van der Waals surface area contributed by atoms with Gasteiger partial charge in [0.2, 0.25) is 0 Å². The van der Waals surface area contributed by atoms with Crippen molar-refractivity contribution >= 4 is 23.7 Å². The van der Waals surface area contributed by atoms with E-state index in [9.17, 15) is 4.79 Å². The molecule has 1 aromatic heterocycles. The Hall–Kier alpha value is -2.84. The SMILES string of the molecule is CC(C)(C)OC(=O)N1CCC(/C(N)=C/C(N)=N\c2nccc(N3CCCCC3)n2)CC1. The van der Waals surface area contributed by atoms with Crippen LogP contribution in [0.2, 0.25) is 0 Å². The zero-order valence-electron chi connectivity index (χ0n) is 18.9. The third-order valence-corrected chi connectivity index (χ3v) is 5.47. The van der Waals surface area contributed by atoms with Crippen molar-refractivity contribution in [2.75, 3.05) is 31.1 Å². The highest BCUT2D eigenvalue weighted by Gasteiger charge is 2.27. The van der Waals surface area contributed by atoms with Crippen molar-refractivity contribution in [3.05, 3.63) is 24.0 Å². The van der Waals surface area contributed by atoms with E-state index in [1.54, 1.807) is 17.2 Å². The molecule has 3 rings (SSSR count). The number of amidine groups is 1. The third kappa shape index (κ3) is 6.83. The van der Waals surface area contributed by atoms with Crippen molar-refractivity contribution in [1.29, 1.82) is 0 Å². The van der Waals surface area contributed by atoms with Crippen LogP contribution < -0.4 is 16.4 Å². The van der Waals surface area contributed by atoms with Crippen molar-refractivity contribution in [1.82, 2.24) is 14.9 Å². The Morgan fingerprint density at radius 3 is 2.48 bits per heavy atom. The van der Waals surface area contributed by atoms with Crippen molar-refractivity contribution in [2.24, 2.45) is 22.4 Å². The molecule has 4 N–H and O–H groups in total. The van der Waals surface area contributed by atoms with E-state index in [1.165, 1.54) is 19.3 Å². The smallest absolute Gasteiger partial charge is 0.410 e. The molecule has 2 saturated heterocycles. The number of carbonyl (C=O) groups is 1. The summed E-state index contributed by atoms with van der Waals surface area (Å²) >= 11 is 0. The summed E-state index contributed by atoms with van der Waals surface area (Å²) in [6.45, 7) is 8.82. The highest BCUT2D eigenvalue weighted by atomic mass is 16.6. The summed E-state index contributed by atoms with van der Waals surface area (Å²) in [5, 5.41) is 0. The molecule has 0 atom stereocenters. The predicted molar refractivity (Wildman–Crippen MR) is 122 cm³/mol. The van der Waals surface area contributed by atoms with Gasteiger partial charge in [-0.2, -0.15) is 9.98 Å². The summed E-state index contributed by atoms with van der Waals surface area (Å²) in [7, 11) is 0. The molecular weight excluding hydrogens is 394 g/mol. The first-order valence-corrected chi connectivity index (χ1v) is 11.1. The summed E-state index contributed by atoms with van der Waals surface area (Å²) in [6.07, 6.45) is 8.26. The molecule has 3 heterocycles. The molecule has 1 amide bonds. The fraction of sp³-hybridized carbons (Fsp3) is 0.636. The van der Waals surface area contributed by atoms with Crippen LogP contribution >= 0.6 is 0 Å². The van der Waals surface area contributed by atoms with Gasteiger partial charge in [-0.3, -0.25) is 0 Å². The number of aliphatic imine (C=N–C) groups is 1. The quantitative estimate of drug-likeness (QED) is 0.557. The maximum Gasteiger partial charge on any atom is 0.410 e. The third-order valence-electron chi connectivity index (χ3n) is 5.47. The van der Waals surface area contributed by atoms with Crippen LogP contribution in [-0.2, 0) is 4.74 Å². The van der Waals surface area contributed by atoms with Crippen LogP contribution in [0.4, 0.5) is 16.6 Å². The van der Waals surface area contributed by atoms with Gasteiger partial charge < -0.3 is 26.0 Å². The van der Waals surface area contributed by atoms with E-state index in [0.717, 1.165) is 31.7 Å². The van der Waals surface area contributed by atoms with Gasteiger partial charge in [-0.1, -0.05) is 0 Å². The van der Waals surface area contributed by atoms with Gasteiger partial charge in [0.15, 0.2) is 0 Å². The lowest BCUT2D eigenvalue weighted by atomic mass is 9.93. The minimum Gasteiger partial charge on any atom is -0.444 e. The number of allylic oxidation sites excluding steroid dienone is 1. The van der Waals surface area contributed by atoms with Gasteiger partial charge in [0, 0.05) is 44.0 Å². The molecule has 2 fully saturated rings. The maximum atomic E-state index is 12.2. The van der Waals surface area contributed by atoms with Gasteiger partial charge in [-0.05, 0) is 65.0 Å². The van der Waals surface area contributed by atoms with E-state index < -0.39 is 5.60 Å². The lowest BCUT2D eigenvalue weighted by molar-refractivity contribution is 0.0194. The van der Waals surface area contributed by atoms with E-state index in [4.69, 9.17) is 16.2 Å². The Morgan fingerprint density at radius 1 is 1.16 bits per heavy atom. The van der Waals surface area contributed by atoms with Crippen LogP contribution in [-0.4, -0.2) is 58.6 Å². The van der Waals surface area contributed by atoms with Gasteiger partial charge in [0.1, 0.15) is 17.3 Å². The molecule has 0 spiro atoms. The highest BCUT2D eigenvalue weighted by Crippen LogP contribution is 2.24. The van der Waals surface area contributed by atoms with Gasteiger partial charge >= 0.3 is 6.09 Å². The number of nitrogens with zero attached hydrogens (tertiary/aromatic N) is 5. The fourth-order valence-electron chi connectivity index (χ4n) is 3.85. The molecule has 9 heteroatoms. The lowest BCUT2D eigenvalue weighted by Crippen LogP contribution is -2.42. The van der Waals surface area contributed by atoms with Crippen LogP contribution in [0.3, 0.4) is 0 Å². The van der Waals surface area contributed by atoms with Crippen LogP contribution in [0.15, 0.2) is 29.0 Å². The predicted octanol–water partition coefficient (Wildman–Crippen LogP) is 2.95. The van der Waals surface area contributed by atoms with Crippen molar-refractivity contribution in [2.45, 2.75) is 58.5 Å². The number of aromatic nitrogens is 2. The first kappa shape index (κ1) is 22.8. The zero-order valence-corrected chi connectivity index (χ0v) is 18.9. The topological polar surface area (TPSA) is 123 Å². The average molecular weight is 430 g/mol. The second-order valence-corrected chi connectivity index (χ2v) is 9.19. The molecule has 0 bridgehead atoms. The van der Waals surface area contributed by atoms with Gasteiger partial charge in [-0.15, -0.1) is 0 Å².